The molecule has 0 bridgehead atoms. The molecule has 4 nitrogen and oxygen atoms in total. The van der Waals surface area contributed by atoms with Crippen molar-refractivity contribution in [2.24, 2.45) is 0 Å². The van der Waals surface area contributed by atoms with Crippen molar-refractivity contribution in [1.29, 1.82) is 0 Å². The van der Waals surface area contributed by atoms with Crippen LogP contribution in [0.1, 0.15) is 44.3 Å². The fourth-order valence-electron chi connectivity index (χ4n) is 2.44. The first-order chi connectivity index (χ1) is 9.40. The normalized spacial score (nSPS) is 20.2. The van der Waals surface area contributed by atoms with E-state index < -0.39 is 0 Å². The van der Waals surface area contributed by atoms with E-state index in [0.717, 1.165) is 36.6 Å². The van der Waals surface area contributed by atoms with Crippen LogP contribution in [0.2, 0.25) is 0 Å². The lowest BCUT2D eigenvalue weighted by Crippen LogP contribution is -2.47. The Hall–Kier alpha value is -0.940. The molecule has 1 N–H and O–H groups in total. The van der Waals surface area contributed by atoms with E-state index in [1.807, 2.05) is 17.3 Å². The predicted molar refractivity (Wildman–Crippen MR) is 83.2 cm³/mol. The third-order valence-electron chi connectivity index (χ3n) is 3.71. The number of rotatable bonds is 3. The second-order valence-electron chi connectivity index (χ2n) is 6.54. The van der Waals surface area contributed by atoms with E-state index in [1.54, 1.807) is 11.3 Å². The molecule has 1 amide bonds. The molecule has 1 aromatic rings. The molecular formula is C15H25N3OS. The quantitative estimate of drug-likeness (QED) is 0.930. The molecular weight excluding hydrogens is 270 g/mol. The number of carbonyl (C=O) groups excluding carboxylic acids is 1. The summed E-state index contributed by atoms with van der Waals surface area (Å²) in [5, 5.41) is 6.40. The summed E-state index contributed by atoms with van der Waals surface area (Å²) in [5.41, 5.74) is 0.977. The van der Waals surface area contributed by atoms with Crippen molar-refractivity contribution in [3.05, 3.63) is 16.1 Å². The Morgan fingerprint density at radius 3 is 2.90 bits per heavy atom. The van der Waals surface area contributed by atoms with E-state index in [2.05, 4.69) is 31.1 Å². The van der Waals surface area contributed by atoms with Gasteiger partial charge in [0.2, 0.25) is 5.91 Å². The fraction of sp³-hybridized carbons (Fsp3) is 0.733. The number of hydrogen-bond acceptors (Lipinski definition) is 4. The average Bonchev–Trinajstić information content (AvgIpc) is 2.87. The maximum absolute atomic E-state index is 12.4. The molecule has 0 spiro atoms. The van der Waals surface area contributed by atoms with E-state index in [4.69, 9.17) is 0 Å². The zero-order valence-electron chi connectivity index (χ0n) is 12.9. The SMILES string of the molecule is CNC1CCCN(C(=O)Cc2csc(C(C)(C)C)n2)C1. The van der Waals surface area contributed by atoms with Gasteiger partial charge in [-0.05, 0) is 19.9 Å². The molecule has 0 aliphatic carbocycles. The van der Waals surface area contributed by atoms with Crippen LogP contribution in [0.5, 0.6) is 0 Å². The number of piperidine rings is 1. The molecule has 1 saturated heterocycles. The van der Waals surface area contributed by atoms with Gasteiger partial charge >= 0.3 is 0 Å². The molecule has 2 rings (SSSR count). The summed E-state index contributed by atoms with van der Waals surface area (Å²) in [6, 6.07) is 0.438. The van der Waals surface area contributed by atoms with Gasteiger partial charge in [-0.3, -0.25) is 4.79 Å². The number of hydrogen-bond donors (Lipinski definition) is 1. The second-order valence-corrected chi connectivity index (χ2v) is 7.40. The van der Waals surface area contributed by atoms with Gasteiger partial charge in [0, 0.05) is 29.9 Å². The van der Waals surface area contributed by atoms with Crippen LogP contribution < -0.4 is 5.32 Å². The molecule has 0 aromatic carbocycles. The summed E-state index contributed by atoms with van der Waals surface area (Å²) in [5.74, 6) is 0.204. The first-order valence-corrected chi connectivity index (χ1v) is 8.18. The standard InChI is InChI=1S/C15H25N3OS/c1-15(2,3)14-17-12(10-20-14)8-13(19)18-7-5-6-11(9-18)16-4/h10-11,16H,5-9H2,1-4H3. The molecule has 20 heavy (non-hydrogen) atoms. The highest BCUT2D eigenvalue weighted by Crippen LogP contribution is 2.26. The maximum atomic E-state index is 12.4. The van der Waals surface area contributed by atoms with Gasteiger partial charge < -0.3 is 10.2 Å². The zero-order chi connectivity index (χ0) is 14.8. The number of aromatic nitrogens is 1. The topological polar surface area (TPSA) is 45.2 Å². The summed E-state index contributed by atoms with van der Waals surface area (Å²) in [4.78, 5) is 18.9. The van der Waals surface area contributed by atoms with Crippen LogP contribution in [0.15, 0.2) is 5.38 Å². The minimum atomic E-state index is 0.0638. The van der Waals surface area contributed by atoms with E-state index in [1.165, 1.54) is 0 Å². The smallest absolute Gasteiger partial charge is 0.228 e. The van der Waals surface area contributed by atoms with Crippen molar-refractivity contribution in [1.82, 2.24) is 15.2 Å². The predicted octanol–water partition coefficient (Wildman–Crippen LogP) is 2.19. The molecule has 112 valence electrons. The van der Waals surface area contributed by atoms with Gasteiger partial charge in [0.1, 0.15) is 0 Å². The van der Waals surface area contributed by atoms with Gasteiger partial charge in [-0.2, -0.15) is 0 Å². The molecule has 2 heterocycles. The maximum Gasteiger partial charge on any atom is 0.228 e. The first-order valence-electron chi connectivity index (χ1n) is 7.30. The van der Waals surface area contributed by atoms with Crippen LogP contribution in [0, 0.1) is 0 Å². The number of thiazole rings is 1. The Kier molecular flexibility index (Phi) is 4.81. The van der Waals surface area contributed by atoms with Crippen molar-refractivity contribution in [3.63, 3.8) is 0 Å². The molecule has 0 radical (unpaired) electrons. The number of nitrogens with zero attached hydrogens (tertiary/aromatic N) is 2. The van der Waals surface area contributed by atoms with Crippen molar-refractivity contribution in [3.8, 4) is 0 Å². The van der Waals surface area contributed by atoms with Gasteiger partial charge in [0.25, 0.3) is 0 Å². The number of nitrogens with one attached hydrogen (secondary N) is 1. The van der Waals surface area contributed by atoms with Crippen LogP contribution in [-0.2, 0) is 16.6 Å². The molecule has 1 aliphatic rings. The highest BCUT2D eigenvalue weighted by molar-refractivity contribution is 7.09. The van der Waals surface area contributed by atoms with Crippen LogP contribution in [-0.4, -0.2) is 42.0 Å². The minimum absolute atomic E-state index is 0.0638. The summed E-state index contributed by atoms with van der Waals surface area (Å²) in [6.07, 6.45) is 2.68. The average molecular weight is 295 g/mol. The first kappa shape index (κ1) is 15.4. The molecule has 1 unspecified atom stereocenters. The summed E-state index contributed by atoms with van der Waals surface area (Å²) in [7, 11) is 1.97. The minimum Gasteiger partial charge on any atom is -0.341 e. The number of likely N-dealkylation sites (N-methyl/N-ethyl adjacent to an activating group) is 1. The van der Waals surface area contributed by atoms with Gasteiger partial charge in [0.15, 0.2) is 0 Å². The molecule has 5 heteroatoms. The van der Waals surface area contributed by atoms with Crippen LogP contribution in [0.4, 0.5) is 0 Å². The van der Waals surface area contributed by atoms with Gasteiger partial charge in [-0.1, -0.05) is 20.8 Å². The Morgan fingerprint density at radius 2 is 2.30 bits per heavy atom. The molecule has 1 aliphatic heterocycles. The van der Waals surface area contributed by atoms with E-state index in [-0.39, 0.29) is 11.3 Å². The van der Waals surface area contributed by atoms with Gasteiger partial charge in [0.05, 0.1) is 17.1 Å². The zero-order valence-corrected chi connectivity index (χ0v) is 13.7. The third kappa shape index (κ3) is 3.79. The highest BCUT2D eigenvalue weighted by Gasteiger charge is 2.24. The third-order valence-corrected chi connectivity index (χ3v) is 5.02. The number of amides is 1. The van der Waals surface area contributed by atoms with E-state index in [9.17, 15) is 4.79 Å². The molecule has 0 saturated carbocycles. The summed E-state index contributed by atoms with van der Waals surface area (Å²) < 4.78 is 0. The van der Waals surface area contributed by atoms with Crippen LogP contribution >= 0.6 is 11.3 Å². The van der Waals surface area contributed by atoms with Crippen LogP contribution in [0.3, 0.4) is 0 Å². The van der Waals surface area contributed by atoms with E-state index in [0.29, 0.717) is 12.5 Å². The fourth-order valence-corrected chi connectivity index (χ4v) is 3.35. The molecule has 1 fully saturated rings. The number of carbonyl (C=O) groups is 1. The Morgan fingerprint density at radius 1 is 1.55 bits per heavy atom. The lowest BCUT2D eigenvalue weighted by Gasteiger charge is -2.32. The van der Waals surface area contributed by atoms with Crippen molar-refractivity contribution >= 4 is 17.2 Å². The highest BCUT2D eigenvalue weighted by atomic mass is 32.1. The Bertz CT molecular complexity index is 464. The van der Waals surface area contributed by atoms with Gasteiger partial charge in [-0.15, -0.1) is 11.3 Å². The number of likely N-dealkylation sites (tertiary alicyclic amines) is 1. The van der Waals surface area contributed by atoms with E-state index >= 15 is 0 Å². The van der Waals surface area contributed by atoms with Crippen molar-refractivity contribution in [2.45, 2.75) is 51.5 Å². The second kappa shape index (κ2) is 6.22. The lowest BCUT2D eigenvalue weighted by atomic mass is 9.98. The van der Waals surface area contributed by atoms with Crippen molar-refractivity contribution < 1.29 is 4.79 Å². The summed E-state index contributed by atoms with van der Waals surface area (Å²) >= 11 is 1.66. The summed E-state index contributed by atoms with van der Waals surface area (Å²) in [6.45, 7) is 8.16. The lowest BCUT2D eigenvalue weighted by molar-refractivity contribution is -0.131. The van der Waals surface area contributed by atoms with Crippen molar-refractivity contribution in [2.75, 3.05) is 20.1 Å². The largest absolute Gasteiger partial charge is 0.341 e. The monoisotopic (exact) mass is 295 g/mol. The Labute approximate surface area is 125 Å². The van der Waals surface area contributed by atoms with Gasteiger partial charge in [-0.25, -0.2) is 4.98 Å². The molecule has 1 atom stereocenters. The molecule has 1 aromatic heterocycles. The Balaban J connectivity index is 1.96. The van der Waals surface area contributed by atoms with Crippen LogP contribution in [0.25, 0.3) is 0 Å².